The van der Waals surface area contributed by atoms with Gasteiger partial charge in [0, 0.05) is 71.0 Å². The maximum Gasteiger partial charge on any atom is 0.317 e. The number of aliphatic hydroxyl groups excluding tert-OH is 1. The Morgan fingerprint density at radius 1 is 0.763 bits per heavy atom. The number of rotatable bonds is 12. The Morgan fingerprint density at radius 2 is 1.13 bits per heavy atom. The van der Waals surface area contributed by atoms with E-state index in [1.54, 1.807) is 14.7 Å². The van der Waals surface area contributed by atoms with Gasteiger partial charge in [-0.1, -0.05) is 0 Å². The third kappa shape index (κ3) is 12.2. The molecule has 0 saturated carbocycles. The van der Waals surface area contributed by atoms with Crippen molar-refractivity contribution in [3.05, 3.63) is 34.4 Å². The number of non-ortho nitro benzene ring substituents is 1. The molecule has 0 spiro atoms. The molecule has 1 atom stereocenters. The molecule has 1 aliphatic rings. The van der Waals surface area contributed by atoms with Crippen LogP contribution in [0.25, 0.3) is 0 Å². The highest BCUT2D eigenvalue weighted by Crippen LogP contribution is 2.17. The van der Waals surface area contributed by atoms with E-state index in [-0.39, 0.29) is 38.5 Å². The number of carboxylic acids is 3. The highest BCUT2D eigenvalue weighted by atomic mass is 16.6. The molecule has 1 aromatic carbocycles. The summed E-state index contributed by atoms with van der Waals surface area (Å²) in [4.78, 5) is 51.2. The zero-order chi connectivity index (χ0) is 28.1. The summed E-state index contributed by atoms with van der Waals surface area (Å²) < 4.78 is 5.54. The number of aliphatic carboxylic acids is 3. The lowest BCUT2D eigenvalue weighted by Crippen LogP contribution is -2.49. The molecular weight excluding hydrogens is 506 g/mol. The van der Waals surface area contributed by atoms with Crippen LogP contribution in [0, 0.1) is 10.1 Å². The van der Waals surface area contributed by atoms with E-state index in [0.717, 1.165) is 0 Å². The summed E-state index contributed by atoms with van der Waals surface area (Å²) in [5.74, 6) is -2.70. The van der Waals surface area contributed by atoms with Crippen molar-refractivity contribution in [1.29, 1.82) is 0 Å². The summed E-state index contributed by atoms with van der Waals surface area (Å²) in [7, 11) is 0. The van der Waals surface area contributed by atoms with Crippen molar-refractivity contribution < 1.29 is 44.5 Å². The highest BCUT2D eigenvalue weighted by Gasteiger charge is 2.21. The van der Waals surface area contributed by atoms with Gasteiger partial charge in [0.1, 0.15) is 18.5 Å². The van der Waals surface area contributed by atoms with Gasteiger partial charge in [-0.25, -0.2) is 0 Å². The van der Waals surface area contributed by atoms with Gasteiger partial charge in [0.25, 0.3) is 5.69 Å². The third-order valence-corrected chi connectivity index (χ3v) is 5.97. The molecule has 1 heterocycles. The van der Waals surface area contributed by atoms with E-state index < -0.39 is 28.9 Å². The predicted octanol–water partition coefficient (Wildman–Crippen LogP) is -1.19. The molecule has 38 heavy (non-hydrogen) atoms. The van der Waals surface area contributed by atoms with Gasteiger partial charge in [-0.2, -0.15) is 0 Å². The lowest BCUT2D eigenvalue weighted by Gasteiger charge is -2.33. The van der Waals surface area contributed by atoms with Crippen molar-refractivity contribution in [2.45, 2.75) is 6.10 Å². The minimum atomic E-state index is -1.03. The molecule has 1 saturated heterocycles. The topological polar surface area (TPSA) is 197 Å². The average molecular weight is 542 g/mol. The van der Waals surface area contributed by atoms with Crippen LogP contribution < -0.4 is 4.74 Å². The zero-order valence-electron chi connectivity index (χ0n) is 21.1. The molecule has 1 unspecified atom stereocenters. The summed E-state index contributed by atoms with van der Waals surface area (Å²) in [5.41, 5.74) is -0.0832. The fourth-order valence-corrected chi connectivity index (χ4v) is 4.02. The molecule has 0 aliphatic carbocycles. The first-order chi connectivity index (χ1) is 18.0. The van der Waals surface area contributed by atoms with Crippen LogP contribution in [0.5, 0.6) is 5.75 Å². The molecule has 1 aliphatic heterocycles. The summed E-state index contributed by atoms with van der Waals surface area (Å²) in [6.45, 7) is 2.00. The van der Waals surface area contributed by atoms with E-state index in [1.807, 2.05) is 4.90 Å². The van der Waals surface area contributed by atoms with E-state index in [4.69, 9.17) is 4.74 Å². The van der Waals surface area contributed by atoms with E-state index in [1.165, 1.54) is 24.3 Å². The maximum atomic E-state index is 11.4. The van der Waals surface area contributed by atoms with Crippen LogP contribution in [0.1, 0.15) is 0 Å². The number of hydrogen-bond acceptors (Lipinski definition) is 11. The average Bonchev–Trinajstić information content (AvgIpc) is 2.83. The molecule has 0 aromatic heterocycles. The minimum absolute atomic E-state index is 0.0832. The van der Waals surface area contributed by atoms with Gasteiger partial charge >= 0.3 is 17.9 Å². The first kappa shape index (κ1) is 30.9. The van der Waals surface area contributed by atoms with E-state index in [0.29, 0.717) is 58.1 Å². The van der Waals surface area contributed by atoms with Crippen molar-refractivity contribution in [1.82, 2.24) is 19.6 Å². The second-order valence-corrected chi connectivity index (χ2v) is 9.03. The molecule has 15 heteroatoms. The maximum absolute atomic E-state index is 11.4. The molecular formula is C23H35N5O10. The highest BCUT2D eigenvalue weighted by molar-refractivity contribution is 5.69. The van der Waals surface area contributed by atoms with Crippen LogP contribution in [-0.2, 0) is 14.4 Å². The lowest BCUT2D eigenvalue weighted by atomic mass is 10.2. The normalized spacial score (nSPS) is 18.1. The van der Waals surface area contributed by atoms with Gasteiger partial charge in [-0.3, -0.25) is 44.1 Å². The fraction of sp³-hybridized carbons (Fsp3) is 0.609. The fourth-order valence-electron chi connectivity index (χ4n) is 4.02. The van der Waals surface area contributed by atoms with Crippen LogP contribution in [0.4, 0.5) is 5.69 Å². The van der Waals surface area contributed by atoms with Gasteiger partial charge in [0.15, 0.2) is 0 Å². The van der Waals surface area contributed by atoms with Gasteiger partial charge < -0.3 is 25.2 Å². The standard InChI is InChI=1S/C23H35N5O10/c29-19(17-38-20-3-1-18(2-4-20)28(36)37)13-24-5-7-25(14-21(30)31)9-11-27(16-23(34)35)12-10-26(8-6-24)15-22(32)33/h1-4,19,29H,5-17H2,(H,30,31)(H,32,33)(H,34,35). The number of carbonyl (C=O) groups is 3. The summed E-state index contributed by atoms with van der Waals surface area (Å²) >= 11 is 0. The van der Waals surface area contributed by atoms with Crippen LogP contribution in [0.2, 0.25) is 0 Å². The minimum Gasteiger partial charge on any atom is -0.491 e. The SMILES string of the molecule is O=C(O)CN1CCN(CC(=O)O)CCN(CC(O)COc2ccc([N+](=O)[O-])cc2)CCN(CC(=O)O)CC1. The number of aliphatic hydroxyl groups is 1. The van der Waals surface area contributed by atoms with Gasteiger partial charge in [0.2, 0.25) is 0 Å². The molecule has 2 rings (SSSR count). The lowest BCUT2D eigenvalue weighted by molar-refractivity contribution is -0.384. The van der Waals surface area contributed by atoms with Gasteiger partial charge in [-0.05, 0) is 12.1 Å². The molecule has 4 N–H and O–H groups in total. The summed E-state index contributed by atoms with van der Waals surface area (Å²) in [5, 5.41) is 49.2. The second-order valence-electron chi connectivity index (χ2n) is 9.03. The number of nitro groups is 1. The van der Waals surface area contributed by atoms with Crippen LogP contribution in [0.15, 0.2) is 24.3 Å². The Balaban J connectivity index is 2.05. The van der Waals surface area contributed by atoms with Crippen LogP contribution in [-0.4, -0.2) is 154 Å². The third-order valence-electron chi connectivity index (χ3n) is 5.97. The number of ether oxygens (including phenoxy) is 1. The summed E-state index contributed by atoms with van der Waals surface area (Å²) in [6.07, 6.45) is -0.940. The van der Waals surface area contributed by atoms with Crippen LogP contribution in [0.3, 0.4) is 0 Å². The number of β-amino-alcohol motifs (C(OH)–C–C–N with tert-alkyl or cyclic N) is 1. The Labute approximate surface area is 219 Å². The zero-order valence-corrected chi connectivity index (χ0v) is 21.1. The molecule has 0 radical (unpaired) electrons. The van der Waals surface area contributed by atoms with Crippen molar-refractivity contribution in [3.63, 3.8) is 0 Å². The Bertz CT molecular complexity index is 900. The van der Waals surface area contributed by atoms with E-state index in [2.05, 4.69) is 0 Å². The first-order valence-electron chi connectivity index (χ1n) is 12.1. The Kier molecular flexibility index (Phi) is 12.8. The molecule has 0 bridgehead atoms. The van der Waals surface area contributed by atoms with Crippen molar-refractivity contribution in [2.24, 2.45) is 0 Å². The molecule has 212 valence electrons. The van der Waals surface area contributed by atoms with E-state index in [9.17, 15) is 44.9 Å². The number of carboxylic acid groups (broad SMARTS) is 3. The Hall–Kier alpha value is -3.37. The summed E-state index contributed by atoms with van der Waals surface area (Å²) in [6, 6.07) is 5.46. The molecule has 0 amide bonds. The number of hydrogen-bond donors (Lipinski definition) is 4. The molecule has 1 aromatic rings. The van der Waals surface area contributed by atoms with Crippen molar-refractivity contribution in [3.8, 4) is 5.75 Å². The smallest absolute Gasteiger partial charge is 0.317 e. The first-order valence-corrected chi connectivity index (χ1v) is 12.1. The van der Waals surface area contributed by atoms with E-state index >= 15 is 0 Å². The largest absolute Gasteiger partial charge is 0.491 e. The predicted molar refractivity (Wildman–Crippen MR) is 133 cm³/mol. The number of nitro benzene ring substituents is 1. The van der Waals surface area contributed by atoms with Gasteiger partial charge in [0.05, 0.1) is 24.6 Å². The van der Waals surface area contributed by atoms with Gasteiger partial charge in [-0.15, -0.1) is 0 Å². The number of benzene rings is 1. The van der Waals surface area contributed by atoms with Crippen LogP contribution >= 0.6 is 0 Å². The van der Waals surface area contributed by atoms with Crippen molar-refractivity contribution in [2.75, 3.05) is 85.1 Å². The quantitative estimate of drug-likeness (QED) is 0.182. The molecule has 1 fully saturated rings. The monoisotopic (exact) mass is 541 g/mol. The molecule has 15 nitrogen and oxygen atoms in total. The Morgan fingerprint density at radius 3 is 1.47 bits per heavy atom. The van der Waals surface area contributed by atoms with Crippen molar-refractivity contribution >= 4 is 23.6 Å². The second kappa shape index (κ2) is 15.8. The number of nitrogens with zero attached hydrogens (tertiary/aromatic N) is 5.